The zero-order chi connectivity index (χ0) is 11.8. The molecular weight excluding hydrogens is 214 g/mol. The standard InChI is InChI=1S/C14H17NS/c1-10-6-7-12(9-11(10)2)14(3,15)13-5-4-8-16-13/h4-9H,15H2,1-3H3. The maximum absolute atomic E-state index is 6.43. The molecule has 0 saturated heterocycles. The SMILES string of the molecule is Cc1ccc(C(C)(N)c2cccs2)cc1C. The van der Waals surface area contributed by atoms with Crippen LogP contribution in [-0.2, 0) is 5.54 Å². The van der Waals surface area contributed by atoms with Gasteiger partial charge in [-0.1, -0.05) is 24.3 Å². The van der Waals surface area contributed by atoms with E-state index in [9.17, 15) is 0 Å². The Morgan fingerprint density at radius 3 is 2.44 bits per heavy atom. The fraction of sp³-hybridized carbons (Fsp3) is 0.286. The molecule has 0 radical (unpaired) electrons. The second kappa shape index (κ2) is 4.04. The Bertz CT molecular complexity index is 483. The van der Waals surface area contributed by atoms with E-state index >= 15 is 0 Å². The van der Waals surface area contributed by atoms with E-state index in [-0.39, 0.29) is 5.54 Å². The van der Waals surface area contributed by atoms with E-state index in [1.807, 2.05) is 6.07 Å². The Morgan fingerprint density at radius 1 is 1.12 bits per heavy atom. The van der Waals surface area contributed by atoms with Crippen LogP contribution in [0.1, 0.15) is 28.5 Å². The second-order valence-corrected chi connectivity index (χ2v) is 5.43. The Labute approximate surface area is 101 Å². The second-order valence-electron chi connectivity index (χ2n) is 4.48. The fourth-order valence-corrected chi connectivity index (χ4v) is 2.60. The van der Waals surface area contributed by atoms with Gasteiger partial charge in [-0.15, -0.1) is 11.3 Å². The summed E-state index contributed by atoms with van der Waals surface area (Å²) in [5.41, 5.74) is 9.84. The highest BCUT2D eigenvalue weighted by molar-refractivity contribution is 7.10. The van der Waals surface area contributed by atoms with Gasteiger partial charge < -0.3 is 5.73 Å². The van der Waals surface area contributed by atoms with Crippen LogP contribution in [-0.4, -0.2) is 0 Å². The summed E-state index contributed by atoms with van der Waals surface area (Å²) in [5, 5.41) is 2.07. The molecule has 1 heterocycles. The molecular formula is C14H17NS. The van der Waals surface area contributed by atoms with Gasteiger partial charge in [0.1, 0.15) is 0 Å². The predicted molar refractivity (Wildman–Crippen MR) is 70.9 cm³/mol. The van der Waals surface area contributed by atoms with Crippen LogP contribution in [0.15, 0.2) is 35.7 Å². The van der Waals surface area contributed by atoms with Crippen molar-refractivity contribution >= 4 is 11.3 Å². The highest BCUT2D eigenvalue weighted by Crippen LogP contribution is 2.30. The summed E-state index contributed by atoms with van der Waals surface area (Å²) in [5.74, 6) is 0. The Kier molecular flexibility index (Phi) is 2.87. The number of nitrogens with two attached hydrogens (primary N) is 1. The molecule has 1 atom stereocenters. The fourth-order valence-electron chi connectivity index (χ4n) is 1.78. The average molecular weight is 231 g/mol. The molecule has 0 aliphatic carbocycles. The Hall–Kier alpha value is -1.12. The summed E-state index contributed by atoms with van der Waals surface area (Å²) in [4.78, 5) is 1.20. The molecule has 1 unspecified atom stereocenters. The summed E-state index contributed by atoms with van der Waals surface area (Å²) in [7, 11) is 0. The van der Waals surface area contributed by atoms with Gasteiger partial charge in [0.15, 0.2) is 0 Å². The van der Waals surface area contributed by atoms with Gasteiger partial charge in [-0.3, -0.25) is 0 Å². The van der Waals surface area contributed by atoms with E-state index < -0.39 is 0 Å². The number of aryl methyl sites for hydroxylation is 2. The molecule has 2 rings (SSSR count). The quantitative estimate of drug-likeness (QED) is 0.840. The summed E-state index contributed by atoms with van der Waals surface area (Å²) in [6.07, 6.45) is 0. The molecule has 0 bridgehead atoms. The zero-order valence-corrected chi connectivity index (χ0v) is 10.8. The van der Waals surface area contributed by atoms with Crippen molar-refractivity contribution in [1.82, 2.24) is 0 Å². The first-order valence-electron chi connectivity index (χ1n) is 5.42. The maximum atomic E-state index is 6.43. The summed E-state index contributed by atoms with van der Waals surface area (Å²) >= 11 is 1.71. The van der Waals surface area contributed by atoms with Crippen LogP contribution in [0.25, 0.3) is 0 Å². The predicted octanol–water partition coefficient (Wildman–Crippen LogP) is 3.59. The normalized spacial score (nSPS) is 14.8. The number of thiophene rings is 1. The summed E-state index contributed by atoms with van der Waals surface area (Å²) in [6.45, 7) is 6.32. The lowest BCUT2D eigenvalue weighted by Crippen LogP contribution is -2.33. The van der Waals surface area contributed by atoms with Crippen molar-refractivity contribution in [3.05, 3.63) is 57.3 Å². The van der Waals surface area contributed by atoms with E-state index in [1.54, 1.807) is 11.3 Å². The first kappa shape index (κ1) is 11.4. The molecule has 2 aromatic rings. The maximum Gasteiger partial charge on any atom is 0.0730 e. The van der Waals surface area contributed by atoms with Gasteiger partial charge >= 0.3 is 0 Å². The van der Waals surface area contributed by atoms with E-state index in [0.717, 1.165) is 0 Å². The lowest BCUT2D eigenvalue weighted by molar-refractivity contribution is 0.616. The molecule has 0 fully saturated rings. The third kappa shape index (κ3) is 1.91. The largest absolute Gasteiger partial charge is 0.317 e. The molecule has 2 heteroatoms. The average Bonchev–Trinajstić information content (AvgIpc) is 2.75. The molecule has 84 valence electrons. The van der Waals surface area contributed by atoms with Crippen molar-refractivity contribution in [1.29, 1.82) is 0 Å². The van der Waals surface area contributed by atoms with Gasteiger partial charge in [0, 0.05) is 4.88 Å². The monoisotopic (exact) mass is 231 g/mol. The lowest BCUT2D eigenvalue weighted by Gasteiger charge is -2.24. The molecule has 0 saturated carbocycles. The molecule has 0 amide bonds. The van der Waals surface area contributed by atoms with Crippen LogP contribution >= 0.6 is 11.3 Å². The van der Waals surface area contributed by atoms with Gasteiger partial charge in [0.25, 0.3) is 0 Å². The minimum atomic E-state index is -0.382. The van der Waals surface area contributed by atoms with Gasteiger partial charge in [-0.25, -0.2) is 0 Å². The molecule has 0 spiro atoms. The van der Waals surface area contributed by atoms with Crippen LogP contribution < -0.4 is 5.73 Å². The number of benzene rings is 1. The van der Waals surface area contributed by atoms with Crippen molar-refractivity contribution in [2.75, 3.05) is 0 Å². The molecule has 1 nitrogen and oxygen atoms in total. The molecule has 1 aromatic carbocycles. The van der Waals surface area contributed by atoms with Crippen LogP contribution in [0.3, 0.4) is 0 Å². The minimum Gasteiger partial charge on any atom is -0.317 e. The van der Waals surface area contributed by atoms with E-state index in [4.69, 9.17) is 5.73 Å². The van der Waals surface area contributed by atoms with Crippen LogP contribution in [0.4, 0.5) is 0 Å². The first-order chi connectivity index (χ1) is 7.51. The molecule has 1 aromatic heterocycles. The smallest absolute Gasteiger partial charge is 0.0730 e. The first-order valence-corrected chi connectivity index (χ1v) is 6.30. The van der Waals surface area contributed by atoms with E-state index in [0.29, 0.717) is 0 Å². The molecule has 2 N–H and O–H groups in total. The number of rotatable bonds is 2. The van der Waals surface area contributed by atoms with Crippen molar-refractivity contribution < 1.29 is 0 Å². The van der Waals surface area contributed by atoms with E-state index in [1.165, 1.54) is 21.6 Å². The summed E-state index contributed by atoms with van der Waals surface area (Å²) < 4.78 is 0. The Balaban J connectivity index is 2.47. The van der Waals surface area contributed by atoms with Crippen molar-refractivity contribution in [3.8, 4) is 0 Å². The third-order valence-corrected chi connectivity index (χ3v) is 4.25. The number of hydrogen-bond acceptors (Lipinski definition) is 2. The topological polar surface area (TPSA) is 26.0 Å². The zero-order valence-electron chi connectivity index (χ0n) is 9.95. The van der Waals surface area contributed by atoms with Gasteiger partial charge in [-0.2, -0.15) is 0 Å². The minimum absolute atomic E-state index is 0.382. The van der Waals surface area contributed by atoms with Gasteiger partial charge in [0.05, 0.1) is 5.54 Å². The van der Waals surface area contributed by atoms with Crippen molar-refractivity contribution in [2.45, 2.75) is 26.3 Å². The van der Waals surface area contributed by atoms with Crippen LogP contribution in [0, 0.1) is 13.8 Å². The van der Waals surface area contributed by atoms with Gasteiger partial charge in [-0.05, 0) is 48.9 Å². The van der Waals surface area contributed by atoms with E-state index in [2.05, 4.69) is 50.4 Å². The lowest BCUT2D eigenvalue weighted by atomic mass is 9.89. The van der Waals surface area contributed by atoms with Crippen LogP contribution in [0.5, 0.6) is 0 Å². The van der Waals surface area contributed by atoms with Crippen molar-refractivity contribution in [2.24, 2.45) is 5.73 Å². The van der Waals surface area contributed by atoms with Gasteiger partial charge in [0.2, 0.25) is 0 Å². The molecule has 16 heavy (non-hydrogen) atoms. The molecule has 0 aliphatic heterocycles. The van der Waals surface area contributed by atoms with Crippen molar-refractivity contribution in [3.63, 3.8) is 0 Å². The van der Waals surface area contributed by atoms with Crippen LogP contribution in [0.2, 0.25) is 0 Å². The number of hydrogen-bond donors (Lipinski definition) is 1. The Morgan fingerprint density at radius 2 is 1.88 bits per heavy atom. The highest BCUT2D eigenvalue weighted by atomic mass is 32.1. The third-order valence-electron chi connectivity index (χ3n) is 3.14. The highest BCUT2D eigenvalue weighted by Gasteiger charge is 2.24. The molecule has 0 aliphatic rings. The summed E-state index contributed by atoms with van der Waals surface area (Å²) in [6, 6.07) is 10.6.